The Morgan fingerprint density at radius 1 is 1.47 bits per heavy atom. The molecule has 1 aromatic carbocycles. The molecule has 92 valence electrons. The third kappa shape index (κ3) is 2.57. The van der Waals surface area contributed by atoms with Crippen LogP contribution < -0.4 is 5.32 Å². The zero-order valence-corrected chi connectivity index (χ0v) is 11.1. The minimum Gasteiger partial charge on any atom is -0.481 e. The van der Waals surface area contributed by atoms with Gasteiger partial charge in [0.05, 0.1) is 12.1 Å². The maximum atomic E-state index is 10.8. The number of benzene rings is 1. The van der Waals surface area contributed by atoms with E-state index in [2.05, 4.69) is 31.3 Å². The normalized spacial score (nSPS) is 22.8. The molecule has 0 saturated carbocycles. The van der Waals surface area contributed by atoms with Crippen LogP contribution in [0.1, 0.15) is 24.5 Å². The lowest BCUT2D eigenvalue weighted by atomic mass is 10.1. The maximum absolute atomic E-state index is 10.8. The number of fused-ring (bicyclic) bond motifs is 1. The van der Waals surface area contributed by atoms with Crippen molar-refractivity contribution in [1.29, 1.82) is 0 Å². The molecular formula is C13H17NO2S. The number of hydrogen-bond donors (Lipinski definition) is 2. The second-order valence-electron chi connectivity index (χ2n) is 4.64. The van der Waals surface area contributed by atoms with Crippen LogP contribution in [-0.4, -0.2) is 22.4 Å². The van der Waals surface area contributed by atoms with Crippen molar-refractivity contribution in [2.45, 2.75) is 43.4 Å². The van der Waals surface area contributed by atoms with Gasteiger partial charge < -0.3 is 10.4 Å². The lowest BCUT2D eigenvalue weighted by Gasteiger charge is -2.32. The number of nitrogens with one attached hydrogen (secondary N) is 1. The van der Waals surface area contributed by atoms with E-state index in [9.17, 15) is 4.79 Å². The number of carboxylic acid groups (broad SMARTS) is 1. The Morgan fingerprint density at radius 2 is 2.18 bits per heavy atom. The highest BCUT2D eigenvalue weighted by atomic mass is 32.2. The van der Waals surface area contributed by atoms with Gasteiger partial charge in [0.25, 0.3) is 0 Å². The highest BCUT2D eigenvalue weighted by Gasteiger charge is 2.28. The molecule has 1 aromatic rings. The second-order valence-corrected chi connectivity index (χ2v) is 5.92. The number of aliphatic carboxylic acids is 1. The Kier molecular flexibility index (Phi) is 3.33. The van der Waals surface area contributed by atoms with E-state index in [0.717, 1.165) is 5.69 Å². The maximum Gasteiger partial charge on any atom is 0.304 e. The number of aryl methyl sites for hydroxylation is 2. The lowest BCUT2D eigenvalue weighted by molar-refractivity contribution is -0.137. The number of rotatable bonds is 2. The number of hydrogen-bond acceptors (Lipinski definition) is 3. The van der Waals surface area contributed by atoms with Gasteiger partial charge in [-0.05, 0) is 38.0 Å². The molecule has 0 radical (unpaired) electrons. The van der Waals surface area contributed by atoms with E-state index in [0.29, 0.717) is 0 Å². The molecule has 0 fully saturated rings. The molecule has 1 heterocycles. The number of carboxylic acids is 1. The molecule has 0 saturated heterocycles. The van der Waals surface area contributed by atoms with Gasteiger partial charge in [0.15, 0.2) is 0 Å². The van der Waals surface area contributed by atoms with Crippen LogP contribution in [0.5, 0.6) is 0 Å². The van der Waals surface area contributed by atoms with E-state index < -0.39 is 5.97 Å². The van der Waals surface area contributed by atoms with Crippen LogP contribution in [0, 0.1) is 13.8 Å². The van der Waals surface area contributed by atoms with Crippen molar-refractivity contribution in [3.8, 4) is 0 Å². The lowest BCUT2D eigenvalue weighted by Crippen LogP contribution is -2.33. The Bertz CT molecular complexity index is 459. The highest BCUT2D eigenvalue weighted by Crippen LogP contribution is 2.41. The van der Waals surface area contributed by atoms with E-state index in [1.807, 2.05) is 6.92 Å². The average Bonchev–Trinajstić information content (AvgIpc) is 2.20. The number of thioether (sulfide) groups is 1. The summed E-state index contributed by atoms with van der Waals surface area (Å²) in [5.74, 6) is -0.732. The molecule has 4 heteroatoms. The first kappa shape index (κ1) is 12.3. The fraction of sp³-hybridized carbons (Fsp3) is 0.462. The predicted molar refractivity (Wildman–Crippen MR) is 70.9 cm³/mol. The minimum atomic E-state index is -0.732. The quantitative estimate of drug-likeness (QED) is 0.848. The summed E-state index contributed by atoms with van der Waals surface area (Å²) in [5, 5.41) is 12.4. The van der Waals surface area contributed by atoms with Crippen molar-refractivity contribution in [1.82, 2.24) is 0 Å². The van der Waals surface area contributed by atoms with E-state index in [4.69, 9.17) is 5.11 Å². The zero-order chi connectivity index (χ0) is 12.6. The molecule has 0 aromatic heterocycles. The van der Waals surface area contributed by atoms with Crippen molar-refractivity contribution >= 4 is 23.4 Å². The van der Waals surface area contributed by atoms with Gasteiger partial charge in [-0.25, -0.2) is 0 Å². The molecule has 0 spiro atoms. The molecule has 0 bridgehead atoms. The molecular weight excluding hydrogens is 234 g/mol. The Hall–Kier alpha value is -1.16. The van der Waals surface area contributed by atoms with Crippen LogP contribution in [0.15, 0.2) is 17.0 Å². The Labute approximate surface area is 106 Å². The van der Waals surface area contributed by atoms with Gasteiger partial charge in [0.2, 0.25) is 0 Å². The Morgan fingerprint density at radius 3 is 2.82 bits per heavy atom. The van der Waals surface area contributed by atoms with Gasteiger partial charge in [0, 0.05) is 16.2 Å². The summed E-state index contributed by atoms with van der Waals surface area (Å²) in [6, 6.07) is 4.46. The first-order valence-electron chi connectivity index (χ1n) is 5.73. The summed E-state index contributed by atoms with van der Waals surface area (Å²) in [4.78, 5) is 12.0. The minimum absolute atomic E-state index is 0.0983. The standard InChI is InChI=1S/C13H17NO2S/c1-7-4-8(2)13-11(5-7)17-10(6-12(15)16)9(3)14-13/h4-5,9-10,14H,6H2,1-3H3,(H,15,16). The van der Waals surface area contributed by atoms with Crippen LogP contribution in [0.2, 0.25) is 0 Å². The topological polar surface area (TPSA) is 49.3 Å². The number of carbonyl (C=O) groups is 1. The van der Waals surface area contributed by atoms with Crippen molar-refractivity contribution in [2.75, 3.05) is 5.32 Å². The summed E-state index contributed by atoms with van der Waals surface area (Å²) in [6.45, 7) is 6.20. The summed E-state index contributed by atoms with van der Waals surface area (Å²) < 4.78 is 0. The highest BCUT2D eigenvalue weighted by molar-refractivity contribution is 8.00. The van der Waals surface area contributed by atoms with Crippen molar-refractivity contribution < 1.29 is 9.90 Å². The van der Waals surface area contributed by atoms with E-state index in [-0.39, 0.29) is 17.7 Å². The largest absolute Gasteiger partial charge is 0.481 e. The summed E-state index contributed by atoms with van der Waals surface area (Å²) in [5.41, 5.74) is 3.61. The SMILES string of the molecule is Cc1cc(C)c2c(c1)SC(CC(=O)O)C(C)N2. The van der Waals surface area contributed by atoms with Gasteiger partial charge in [-0.1, -0.05) is 6.07 Å². The average molecular weight is 251 g/mol. The van der Waals surface area contributed by atoms with Crippen LogP contribution in [0.25, 0.3) is 0 Å². The molecule has 1 aliphatic rings. The first-order valence-corrected chi connectivity index (χ1v) is 6.61. The summed E-state index contributed by atoms with van der Waals surface area (Å²) in [7, 11) is 0. The second kappa shape index (κ2) is 4.61. The third-order valence-electron chi connectivity index (χ3n) is 3.03. The van der Waals surface area contributed by atoms with Crippen molar-refractivity contribution in [3.05, 3.63) is 23.3 Å². The van der Waals surface area contributed by atoms with Gasteiger partial charge in [-0.2, -0.15) is 0 Å². The molecule has 1 aliphatic heterocycles. The monoisotopic (exact) mass is 251 g/mol. The van der Waals surface area contributed by atoms with Gasteiger partial charge >= 0.3 is 5.97 Å². The van der Waals surface area contributed by atoms with Crippen LogP contribution in [0.3, 0.4) is 0 Å². The molecule has 2 atom stereocenters. The molecule has 0 aliphatic carbocycles. The number of anilines is 1. The molecule has 2 unspecified atom stereocenters. The Balaban J connectivity index is 2.30. The van der Waals surface area contributed by atoms with E-state index in [1.54, 1.807) is 11.8 Å². The summed E-state index contributed by atoms with van der Waals surface area (Å²) >= 11 is 1.68. The van der Waals surface area contributed by atoms with Gasteiger partial charge in [-0.3, -0.25) is 4.79 Å². The molecule has 3 nitrogen and oxygen atoms in total. The summed E-state index contributed by atoms with van der Waals surface area (Å²) in [6.07, 6.45) is 0.200. The fourth-order valence-corrected chi connectivity index (χ4v) is 3.60. The third-order valence-corrected chi connectivity index (χ3v) is 4.48. The first-order chi connectivity index (χ1) is 7.97. The van der Waals surface area contributed by atoms with Crippen LogP contribution >= 0.6 is 11.8 Å². The molecule has 17 heavy (non-hydrogen) atoms. The van der Waals surface area contributed by atoms with Crippen molar-refractivity contribution in [2.24, 2.45) is 0 Å². The van der Waals surface area contributed by atoms with Crippen LogP contribution in [0.4, 0.5) is 5.69 Å². The smallest absolute Gasteiger partial charge is 0.304 e. The van der Waals surface area contributed by atoms with Crippen LogP contribution in [-0.2, 0) is 4.79 Å². The zero-order valence-electron chi connectivity index (χ0n) is 10.3. The van der Waals surface area contributed by atoms with Gasteiger partial charge in [0.1, 0.15) is 0 Å². The van der Waals surface area contributed by atoms with Crippen molar-refractivity contribution in [3.63, 3.8) is 0 Å². The molecule has 2 rings (SSSR count). The molecule has 0 amide bonds. The molecule has 2 N–H and O–H groups in total. The fourth-order valence-electron chi connectivity index (χ4n) is 2.18. The van der Waals surface area contributed by atoms with E-state index in [1.165, 1.54) is 16.0 Å². The van der Waals surface area contributed by atoms with Gasteiger partial charge in [-0.15, -0.1) is 11.8 Å². The predicted octanol–water partition coefficient (Wildman–Crippen LogP) is 3.05. The van der Waals surface area contributed by atoms with E-state index >= 15 is 0 Å².